The van der Waals surface area contributed by atoms with Crippen molar-refractivity contribution < 1.29 is 9.90 Å². The number of carbonyl (C=O) groups is 1. The van der Waals surface area contributed by atoms with E-state index in [4.69, 9.17) is 0 Å². The highest BCUT2D eigenvalue weighted by Gasteiger charge is 2.36. The summed E-state index contributed by atoms with van der Waals surface area (Å²) in [5, 5.41) is 13.1. The molecule has 1 aromatic rings. The molecule has 0 spiro atoms. The molecule has 1 saturated carbocycles. The molecule has 1 fully saturated rings. The predicted molar refractivity (Wildman–Crippen MR) is 70.4 cm³/mol. The van der Waals surface area contributed by atoms with Gasteiger partial charge in [-0.1, -0.05) is 18.2 Å². The summed E-state index contributed by atoms with van der Waals surface area (Å²) in [5.74, 6) is -0.112. The summed E-state index contributed by atoms with van der Waals surface area (Å²) in [4.78, 5) is 14.0. The maximum Gasteiger partial charge on any atom is 0.251 e. The Morgan fingerprint density at radius 3 is 2.50 bits per heavy atom. The lowest BCUT2D eigenvalue weighted by molar-refractivity contribution is 0.0699. The first-order valence-corrected chi connectivity index (χ1v) is 6.30. The van der Waals surface area contributed by atoms with E-state index in [1.165, 1.54) is 0 Å². The SMILES string of the molecule is CN(C)C1CCC(NC(=O)c2ccccc2)C1O. The fourth-order valence-corrected chi connectivity index (χ4v) is 2.52. The van der Waals surface area contributed by atoms with Crippen molar-refractivity contribution in [2.45, 2.75) is 31.0 Å². The van der Waals surface area contributed by atoms with Crippen LogP contribution in [0.4, 0.5) is 0 Å². The van der Waals surface area contributed by atoms with Crippen molar-refractivity contribution in [3.8, 4) is 0 Å². The van der Waals surface area contributed by atoms with Gasteiger partial charge in [0.15, 0.2) is 0 Å². The van der Waals surface area contributed by atoms with Gasteiger partial charge in [-0.2, -0.15) is 0 Å². The summed E-state index contributed by atoms with van der Waals surface area (Å²) in [6, 6.07) is 9.09. The van der Waals surface area contributed by atoms with Crippen LogP contribution in [0.15, 0.2) is 30.3 Å². The maximum atomic E-state index is 12.0. The quantitative estimate of drug-likeness (QED) is 0.834. The molecule has 1 aliphatic carbocycles. The number of carbonyl (C=O) groups excluding carboxylic acids is 1. The van der Waals surface area contributed by atoms with Crippen molar-refractivity contribution in [1.29, 1.82) is 0 Å². The van der Waals surface area contributed by atoms with E-state index in [1.54, 1.807) is 12.1 Å². The van der Waals surface area contributed by atoms with E-state index in [0.717, 1.165) is 12.8 Å². The molecule has 4 heteroatoms. The zero-order valence-electron chi connectivity index (χ0n) is 10.8. The van der Waals surface area contributed by atoms with Crippen LogP contribution in [0.1, 0.15) is 23.2 Å². The third-order valence-electron chi connectivity index (χ3n) is 3.60. The largest absolute Gasteiger partial charge is 0.389 e. The van der Waals surface area contributed by atoms with Crippen LogP contribution in [-0.2, 0) is 0 Å². The number of aliphatic hydroxyl groups excluding tert-OH is 1. The van der Waals surface area contributed by atoms with Crippen LogP contribution >= 0.6 is 0 Å². The van der Waals surface area contributed by atoms with Crippen LogP contribution in [0, 0.1) is 0 Å². The number of amides is 1. The normalized spacial score (nSPS) is 27.4. The minimum atomic E-state index is -0.493. The van der Waals surface area contributed by atoms with Crippen molar-refractivity contribution in [2.75, 3.05) is 14.1 Å². The number of rotatable bonds is 3. The molecule has 0 aromatic heterocycles. The number of benzene rings is 1. The Morgan fingerprint density at radius 2 is 1.94 bits per heavy atom. The van der Waals surface area contributed by atoms with Gasteiger partial charge in [0.25, 0.3) is 5.91 Å². The Hall–Kier alpha value is -1.39. The van der Waals surface area contributed by atoms with Gasteiger partial charge in [-0.15, -0.1) is 0 Å². The van der Waals surface area contributed by atoms with Crippen LogP contribution in [0.5, 0.6) is 0 Å². The minimum absolute atomic E-state index is 0.112. The molecule has 4 nitrogen and oxygen atoms in total. The third-order valence-corrected chi connectivity index (χ3v) is 3.60. The van der Waals surface area contributed by atoms with Gasteiger partial charge >= 0.3 is 0 Å². The summed E-state index contributed by atoms with van der Waals surface area (Å²) in [7, 11) is 3.91. The number of nitrogens with one attached hydrogen (secondary N) is 1. The second kappa shape index (κ2) is 5.50. The number of hydrogen-bond acceptors (Lipinski definition) is 3. The van der Waals surface area contributed by atoms with E-state index >= 15 is 0 Å². The standard InChI is InChI=1S/C14H20N2O2/c1-16(2)12-9-8-11(13(12)17)15-14(18)10-6-4-3-5-7-10/h3-7,11-13,17H,8-9H2,1-2H3,(H,15,18). The van der Waals surface area contributed by atoms with Crippen molar-refractivity contribution in [3.63, 3.8) is 0 Å². The van der Waals surface area contributed by atoms with Crippen molar-refractivity contribution in [1.82, 2.24) is 10.2 Å². The molecule has 1 amide bonds. The highest BCUT2D eigenvalue weighted by molar-refractivity contribution is 5.94. The van der Waals surface area contributed by atoms with Crippen LogP contribution in [-0.4, -0.2) is 48.2 Å². The first-order chi connectivity index (χ1) is 8.59. The summed E-state index contributed by atoms with van der Waals surface area (Å²) >= 11 is 0. The van der Waals surface area contributed by atoms with Gasteiger partial charge in [-0.3, -0.25) is 4.79 Å². The molecule has 0 heterocycles. The van der Waals surface area contributed by atoms with E-state index in [9.17, 15) is 9.90 Å². The van der Waals surface area contributed by atoms with E-state index in [1.807, 2.05) is 37.2 Å². The average Bonchev–Trinajstić information content (AvgIpc) is 2.72. The molecule has 1 aromatic carbocycles. The fourth-order valence-electron chi connectivity index (χ4n) is 2.52. The molecule has 0 bridgehead atoms. The number of nitrogens with zero attached hydrogens (tertiary/aromatic N) is 1. The highest BCUT2D eigenvalue weighted by Crippen LogP contribution is 2.23. The average molecular weight is 248 g/mol. The van der Waals surface area contributed by atoms with Gasteiger partial charge in [0, 0.05) is 11.6 Å². The lowest BCUT2D eigenvalue weighted by Gasteiger charge is -2.25. The third kappa shape index (κ3) is 2.71. The second-order valence-corrected chi connectivity index (χ2v) is 5.04. The van der Waals surface area contributed by atoms with Crippen LogP contribution < -0.4 is 5.32 Å². The molecule has 2 N–H and O–H groups in total. The van der Waals surface area contributed by atoms with Gasteiger partial charge in [0.1, 0.15) is 0 Å². The van der Waals surface area contributed by atoms with Gasteiger partial charge in [0.2, 0.25) is 0 Å². The molecule has 2 rings (SSSR count). The molecule has 3 unspecified atom stereocenters. The minimum Gasteiger partial charge on any atom is -0.389 e. The lowest BCUT2D eigenvalue weighted by Crippen LogP contribution is -2.46. The van der Waals surface area contributed by atoms with Crippen molar-refractivity contribution >= 4 is 5.91 Å². The van der Waals surface area contributed by atoms with Gasteiger partial charge in [0.05, 0.1) is 12.1 Å². The van der Waals surface area contributed by atoms with Gasteiger partial charge < -0.3 is 15.3 Å². The Balaban J connectivity index is 1.97. The second-order valence-electron chi connectivity index (χ2n) is 5.04. The Labute approximate surface area is 108 Å². The van der Waals surface area contributed by atoms with Gasteiger partial charge in [-0.25, -0.2) is 0 Å². The molecule has 98 valence electrons. The Bertz CT molecular complexity index is 406. The molecular weight excluding hydrogens is 228 g/mol. The van der Waals surface area contributed by atoms with E-state index in [0.29, 0.717) is 5.56 Å². The van der Waals surface area contributed by atoms with E-state index in [2.05, 4.69) is 5.32 Å². The number of likely N-dealkylation sites (N-methyl/N-ethyl adjacent to an activating group) is 1. The van der Waals surface area contributed by atoms with E-state index in [-0.39, 0.29) is 18.0 Å². The number of hydrogen-bond donors (Lipinski definition) is 2. The molecule has 3 atom stereocenters. The van der Waals surface area contributed by atoms with Gasteiger partial charge in [-0.05, 0) is 39.1 Å². The smallest absolute Gasteiger partial charge is 0.251 e. The van der Waals surface area contributed by atoms with Crippen molar-refractivity contribution in [3.05, 3.63) is 35.9 Å². The molecule has 0 radical (unpaired) electrons. The highest BCUT2D eigenvalue weighted by atomic mass is 16.3. The topological polar surface area (TPSA) is 52.6 Å². The van der Waals surface area contributed by atoms with Crippen LogP contribution in [0.25, 0.3) is 0 Å². The maximum absolute atomic E-state index is 12.0. The zero-order chi connectivity index (χ0) is 13.1. The molecule has 1 aliphatic rings. The number of aliphatic hydroxyl groups is 1. The van der Waals surface area contributed by atoms with Crippen molar-refractivity contribution in [2.24, 2.45) is 0 Å². The zero-order valence-corrected chi connectivity index (χ0v) is 10.8. The monoisotopic (exact) mass is 248 g/mol. The Kier molecular flexibility index (Phi) is 3.99. The summed E-state index contributed by atoms with van der Waals surface area (Å²) in [6.45, 7) is 0. The predicted octanol–water partition coefficient (Wildman–Crippen LogP) is 0.870. The van der Waals surface area contributed by atoms with E-state index < -0.39 is 6.10 Å². The summed E-state index contributed by atoms with van der Waals surface area (Å²) < 4.78 is 0. The first kappa shape index (κ1) is 13.1. The molecule has 0 saturated heterocycles. The summed E-state index contributed by atoms with van der Waals surface area (Å²) in [6.07, 6.45) is 1.24. The summed E-state index contributed by atoms with van der Waals surface area (Å²) in [5.41, 5.74) is 0.637. The van der Waals surface area contributed by atoms with Crippen LogP contribution in [0.3, 0.4) is 0 Å². The van der Waals surface area contributed by atoms with Crippen LogP contribution in [0.2, 0.25) is 0 Å². The lowest BCUT2D eigenvalue weighted by atomic mass is 10.1. The first-order valence-electron chi connectivity index (χ1n) is 6.30. The molecule has 18 heavy (non-hydrogen) atoms. The Morgan fingerprint density at radius 1 is 1.28 bits per heavy atom. The molecule has 0 aliphatic heterocycles. The molecular formula is C14H20N2O2. The fraction of sp³-hybridized carbons (Fsp3) is 0.500.